The Balaban J connectivity index is 2.19. The molecule has 2 rings (SSSR count). The first-order valence-electron chi connectivity index (χ1n) is 5.80. The lowest BCUT2D eigenvalue weighted by molar-refractivity contribution is 0.270. The number of nitrogens with zero attached hydrogens (tertiary/aromatic N) is 3. The summed E-state index contributed by atoms with van der Waals surface area (Å²) in [6.07, 6.45) is 0.938. The number of rotatable bonds is 5. The third kappa shape index (κ3) is 2.61. The van der Waals surface area contributed by atoms with Crippen LogP contribution in [0.2, 0.25) is 0 Å². The number of nitrogens with two attached hydrogens (primary N) is 1. The lowest BCUT2D eigenvalue weighted by atomic mass is 10.1. The highest BCUT2D eigenvalue weighted by Gasteiger charge is 2.11. The smallest absolute Gasteiger partial charge is 0.320 e. The highest BCUT2D eigenvalue weighted by atomic mass is 16.5. The van der Waals surface area contributed by atoms with Gasteiger partial charge < -0.3 is 15.2 Å². The van der Waals surface area contributed by atoms with E-state index in [4.69, 9.17) is 15.2 Å². The van der Waals surface area contributed by atoms with Gasteiger partial charge in [0.25, 0.3) is 6.01 Å². The summed E-state index contributed by atoms with van der Waals surface area (Å²) < 4.78 is 10.4. The Bertz CT molecular complexity index is 537. The number of nitrogen functional groups attached to an aromatic ring is 1. The summed E-state index contributed by atoms with van der Waals surface area (Å²) >= 11 is 0. The minimum atomic E-state index is 0.256. The number of H-pyrrole nitrogens is 1. The van der Waals surface area contributed by atoms with Gasteiger partial charge in [-0.3, -0.25) is 4.98 Å². The highest BCUT2D eigenvalue weighted by Crippen LogP contribution is 2.21. The minimum Gasteiger partial charge on any atom is -0.468 e. The molecule has 0 saturated carbocycles. The van der Waals surface area contributed by atoms with E-state index in [0.29, 0.717) is 29.7 Å². The van der Waals surface area contributed by atoms with Gasteiger partial charge in [0.2, 0.25) is 0 Å². The molecule has 0 bridgehead atoms. The Labute approximate surface area is 105 Å². The number of aromatic amines is 1. The summed E-state index contributed by atoms with van der Waals surface area (Å²) in [5, 5.41) is 0. The molecule has 0 saturated heterocycles. The molecular formula is C11H17N5O2. The highest BCUT2D eigenvalue weighted by molar-refractivity contribution is 5.82. The topological polar surface area (TPSA) is 98.9 Å². The van der Waals surface area contributed by atoms with Crippen LogP contribution in [0.1, 0.15) is 20.3 Å². The average molecular weight is 251 g/mol. The number of imidazole rings is 1. The molecule has 0 aromatic carbocycles. The van der Waals surface area contributed by atoms with E-state index in [1.54, 1.807) is 0 Å². The zero-order chi connectivity index (χ0) is 13.1. The van der Waals surface area contributed by atoms with Gasteiger partial charge in [0.05, 0.1) is 13.7 Å². The van der Waals surface area contributed by atoms with Gasteiger partial charge >= 0.3 is 6.01 Å². The van der Waals surface area contributed by atoms with Gasteiger partial charge in [0.15, 0.2) is 17.0 Å². The quantitative estimate of drug-likeness (QED) is 0.832. The van der Waals surface area contributed by atoms with Crippen molar-refractivity contribution in [3.8, 4) is 12.0 Å². The number of hydrogen-bond acceptors (Lipinski definition) is 6. The maximum Gasteiger partial charge on any atom is 0.320 e. The van der Waals surface area contributed by atoms with Crippen LogP contribution >= 0.6 is 0 Å². The third-order valence-electron chi connectivity index (χ3n) is 2.45. The molecule has 0 radical (unpaired) electrons. The molecule has 2 heterocycles. The molecule has 0 fully saturated rings. The molecule has 7 nitrogen and oxygen atoms in total. The van der Waals surface area contributed by atoms with Crippen molar-refractivity contribution in [3.05, 3.63) is 0 Å². The van der Waals surface area contributed by atoms with Gasteiger partial charge in [0, 0.05) is 0 Å². The maximum absolute atomic E-state index is 5.79. The molecule has 0 amide bonds. The summed E-state index contributed by atoms with van der Waals surface area (Å²) in [5.74, 6) is 0.845. The van der Waals surface area contributed by atoms with Crippen molar-refractivity contribution < 1.29 is 9.47 Å². The zero-order valence-corrected chi connectivity index (χ0v) is 10.7. The molecule has 0 aliphatic rings. The zero-order valence-electron chi connectivity index (χ0n) is 10.7. The minimum absolute atomic E-state index is 0.256. The van der Waals surface area contributed by atoms with E-state index in [2.05, 4.69) is 33.8 Å². The van der Waals surface area contributed by atoms with Crippen molar-refractivity contribution in [1.82, 2.24) is 19.9 Å². The third-order valence-corrected chi connectivity index (χ3v) is 2.45. The van der Waals surface area contributed by atoms with Crippen LogP contribution in [0.15, 0.2) is 0 Å². The molecule has 0 atom stereocenters. The predicted molar refractivity (Wildman–Crippen MR) is 67.6 cm³/mol. The fourth-order valence-electron chi connectivity index (χ4n) is 1.43. The fraction of sp³-hybridized carbons (Fsp3) is 0.545. The van der Waals surface area contributed by atoms with Gasteiger partial charge in [-0.15, -0.1) is 0 Å². The Hall–Kier alpha value is -2.05. The van der Waals surface area contributed by atoms with Crippen LogP contribution in [0, 0.1) is 5.92 Å². The second kappa shape index (κ2) is 5.07. The lowest BCUT2D eigenvalue weighted by Crippen LogP contribution is -2.05. The number of aromatic nitrogens is 4. The first-order valence-corrected chi connectivity index (χ1v) is 5.80. The molecule has 18 heavy (non-hydrogen) atoms. The van der Waals surface area contributed by atoms with Crippen LogP contribution in [0.3, 0.4) is 0 Å². The predicted octanol–water partition coefficient (Wildman–Crippen LogP) is 1.37. The molecule has 3 N–H and O–H groups in total. The summed E-state index contributed by atoms with van der Waals surface area (Å²) in [6, 6.07) is 0.609. The first kappa shape index (κ1) is 12.4. The van der Waals surface area contributed by atoms with Crippen LogP contribution in [0.25, 0.3) is 11.2 Å². The average Bonchev–Trinajstić information content (AvgIpc) is 2.72. The van der Waals surface area contributed by atoms with Gasteiger partial charge in [0.1, 0.15) is 0 Å². The van der Waals surface area contributed by atoms with Gasteiger partial charge in [-0.2, -0.15) is 15.0 Å². The largest absolute Gasteiger partial charge is 0.468 e. The molecule has 7 heteroatoms. The molecule has 0 aliphatic carbocycles. The normalized spacial score (nSPS) is 11.1. The molecule has 0 unspecified atom stereocenters. The monoisotopic (exact) mass is 251 g/mol. The number of fused-ring (bicyclic) bond motifs is 1. The molecule has 0 spiro atoms. The summed E-state index contributed by atoms with van der Waals surface area (Å²) in [5.41, 5.74) is 6.79. The maximum atomic E-state index is 5.79. The number of methoxy groups -OCH3 is 1. The molecular weight excluding hydrogens is 234 g/mol. The van der Waals surface area contributed by atoms with E-state index in [1.807, 2.05) is 0 Å². The van der Waals surface area contributed by atoms with E-state index >= 15 is 0 Å². The Morgan fingerprint density at radius 1 is 1.28 bits per heavy atom. The lowest BCUT2D eigenvalue weighted by Gasteiger charge is -2.06. The van der Waals surface area contributed by atoms with Crippen LogP contribution in [0.4, 0.5) is 5.82 Å². The number of ether oxygens (including phenoxy) is 2. The van der Waals surface area contributed by atoms with E-state index in [1.165, 1.54) is 7.11 Å². The van der Waals surface area contributed by atoms with Crippen LogP contribution in [-0.2, 0) is 0 Å². The molecule has 98 valence electrons. The molecule has 0 aliphatic heterocycles. The van der Waals surface area contributed by atoms with E-state index < -0.39 is 0 Å². The van der Waals surface area contributed by atoms with E-state index in [0.717, 1.165) is 6.42 Å². The number of hydrogen-bond donors (Lipinski definition) is 2. The van der Waals surface area contributed by atoms with Crippen molar-refractivity contribution in [3.63, 3.8) is 0 Å². The Kier molecular flexibility index (Phi) is 3.50. The molecule has 2 aromatic heterocycles. The van der Waals surface area contributed by atoms with E-state index in [-0.39, 0.29) is 11.8 Å². The second-order valence-corrected chi connectivity index (χ2v) is 4.37. The van der Waals surface area contributed by atoms with Gasteiger partial charge in [-0.05, 0) is 12.3 Å². The van der Waals surface area contributed by atoms with Gasteiger partial charge in [-0.1, -0.05) is 13.8 Å². The Morgan fingerprint density at radius 3 is 2.72 bits per heavy atom. The summed E-state index contributed by atoms with van der Waals surface area (Å²) in [7, 11) is 1.52. The number of nitrogens with one attached hydrogen (secondary N) is 1. The van der Waals surface area contributed by atoms with Crippen LogP contribution < -0.4 is 15.2 Å². The Morgan fingerprint density at radius 2 is 2.06 bits per heavy atom. The molecule has 2 aromatic rings. The van der Waals surface area contributed by atoms with Crippen molar-refractivity contribution in [2.45, 2.75) is 20.3 Å². The first-order chi connectivity index (χ1) is 8.60. The second-order valence-electron chi connectivity index (χ2n) is 4.37. The number of anilines is 1. The summed E-state index contributed by atoms with van der Waals surface area (Å²) in [4.78, 5) is 15.2. The van der Waals surface area contributed by atoms with Crippen LogP contribution in [-0.4, -0.2) is 33.7 Å². The SMILES string of the molecule is COc1nc2c(N)nc(OCCC(C)C)nc2[nH]1. The summed E-state index contributed by atoms with van der Waals surface area (Å²) in [6.45, 7) is 4.82. The van der Waals surface area contributed by atoms with Crippen molar-refractivity contribution in [2.24, 2.45) is 5.92 Å². The van der Waals surface area contributed by atoms with Crippen molar-refractivity contribution >= 4 is 17.0 Å². The standard InChI is InChI=1S/C11H17N5O2/c1-6(2)4-5-18-11-14-8(12)7-9(16-11)15-10(13-7)17-3/h6H,4-5H2,1-3H3,(H3,12,13,14,15,16). The van der Waals surface area contributed by atoms with Gasteiger partial charge in [-0.25, -0.2) is 0 Å². The van der Waals surface area contributed by atoms with E-state index in [9.17, 15) is 0 Å². The fourth-order valence-corrected chi connectivity index (χ4v) is 1.43. The van der Waals surface area contributed by atoms with Crippen molar-refractivity contribution in [2.75, 3.05) is 19.5 Å². The van der Waals surface area contributed by atoms with Crippen LogP contribution in [0.5, 0.6) is 12.0 Å². The van der Waals surface area contributed by atoms with Crippen molar-refractivity contribution in [1.29, 1.82) is 0 Å².